The molecule has 0 aliphatic carbocycles. The van der Waals surface area contributed by atoms with E-state index < -0.39 is 0 Å². The Labute approximate surface area is 287 Å². The Bertz CT molecular complexity index is 2870. The lowest BCUT2D eigenvalue weighted by Crippen LogP contribution is -2.01. The fourth-order valence-corrected chi connectivity index (χ4v) is 7.22. The maximum Gasteiger partial charge on any atom is 0.164 e. The van der Waals surface area contributed by atoms with Gasteiger partial charge in [0.05, 0.1) is 11.0 Å². The molecule has 3 aromatic heterocycles. The van der Waals surface area contributed by atoms with Crippen LogP contribution in [0.5, 0.6) is 0 Å². The summed E-state index contributed by atoms with van der Waals surface area (Å²) in [6.07, 6.45) is 0. The third kappa shape index (κ3) is 4.52. The molecule has 0 fully saturated rings. The van der Waals surface area contributed by atoms with Gasteiger partial charge in [-0.2, -0.15) is 0 Å². The third-order valence-corrected chi connectivity index (χ3v) is 9.45. The van der Waals surface area contributed by atoms with Crippen LogP contribution in [0.25, 0.3) is 94.7 Å². The van der Waals surface area contributed by atoms with Crippen molar-refractivity contribution in [3.05, 3.63) is 170 Å². The molecule has 234 valence electrons. The van der Waals surface area contributed by atoms with Gasteiger partial charge >= 0.3 is 0 Å². The van der Waals surface area contributed by atoms with Crippen LogP contribution in [0.1, 0.15) is 0 Å². The van der Waals surface area contributed by atoms with Crippen molar-refractivity contribution in [2.75, 3.05) is 0 Å². The monoisotopic (exact) mass is 640 g/mol. The number of rotatable bonds is 5. The lowest BCUT2D eigenvalue weighted by atomic mass is 10.0. The minimum atomic E-state index is 0.597. The molecule has 3 heterocycles. The van der Waals surface area contributed by atoms with Crippen molar-refractivity contribution in [3.8, 4) is 51.0 Å². The van der Waals surface area contributed by atoms with Crippen LogP contribution in [0.4, 0.5) is 0 Å². The molecular formula is C45H28N4O. The second-order valence-electron chi connectivity index (χ2n) is 12.4. The van der Waals surface area contributed by atoms with Gasteiger partial charge in [-0.25, -0.2) is 15.0 Å². The van der Waals surface area contributed by atoms with Crippen LogP contribution in [-0.4, -0.2) is 19.5 Å². The highest BCUT2D eigenvalue weighted by molar-refractivity contribution is 6.14. The van der Waals surface area contributed by atoms with Crippen LogP contribution in [0.15, 0.2) is 174 Å². The molecule has 5 heteroatoms. The average Bonchev–Trinajstić information content (AvgIpc) is 3.75. The van der Waals surface area contributed by atoms with E-state index in [0.717, 1.165) is 55.3 Å². The molecule has 0 atom stereocenters. The maximum absolute atomic E-state index is 6.24. The molecule has 0 amide bonds. The van der Waals surface area contributed by atoms with Crippen LogP contribution in [0, 0.1) is 0 Å². The summed E-state index contributed by atoms with van der Waals surface area (Å²) in [5, 5.41) is 4.44. The van der Waals surface area contributed by atoms with Gasteiger partial charge in [0.2, 0.25) is 0 Å². The first-order valence-corrected chi connectivity index (χ1v) is 16.7. The largest absolute Gasteiger partial charge is 0.456 e. The Kier molecular flexibility index (Phi) is 6.42. The van der Waals surface area contributed by atoms with E-state index in [0.29, 0.717) is 17.5 Å². The second kappa shape index (κ2) is 11.4. The van der Waals surface area contributed by atoms with Crippen molar-refractivity contribution in [3.63, 3.8) is 0 Å². The van der Waals surface area contributed by atoms with Crippen LogP contribution in [0.2, 0.25) is 0 Å². The molecule has 0 unspecified atom stereocenters. The van der Waals surface area contributed by atoms with Crippen molar-refractivity contribution in [1.82, 2.24) is 19.5 Å². The summed E-state index contributed by atoms with van der Waals surface area (Å²) in [6, 6.07) is 58.6. The minimum Gasteiger partial charge on any atom is -0.456 e. The normalized spacial score (nSPS) is 11.6. The van der Waals surface area contributed by atoms with Gasteiger partial charge in [-0.1, -0.05) is 140 Å². The molecule has 10 aromatic rings. The first-order chi connectivity index (χ1) is 24.8. The van der Waals surface area contributed by atoms with Crippen molar-refractivity contribution in [1.29, 1.82) is 0 Å². The first kappa shape index (κ1) is 28.2. The van der Waals surface area contributed by atoms with E-state index in [1.54, 1.807) is 0 Å². The summed E-state index contributed by atoms with van der Waals surface area (Å²) in [6.45, 7) is 0. The molecule has 5 nitrogen and oxygen atoms in total. The van der Waals surface area contributed by atoms with Crippen molar-refractivity contribution in [2.45, 2.75) is 0 Å². The van der Waals surface area contributed by atoms with E-state index in [1.807, 2.05) is 60.7 Å². The third-order valence-electron chi connectivity index (χ3n) is 9.45. The SMILES string of the molecule is c1ccc(-c2nc(-c3cccc(-n4c5ccccc5c5cccc(-c6ccccc6)c54)c3)nc(-c3cccc4oc5ccccc5c34)n2)cc1. The van der Waals surface area contributed by atoms with E-state index >= 15 is 0 Å². The van der Waals surface area contributed by atoms with Crippen molar-refractivity contribution >= 4 is 43.7 Å². The quantitative estimate of drug-likeness (QED) is 0.188. The molecule has 0 aliphatic heterocycles. The predicted octanol–water partition coefficient (Wildman–Crippen LogP) is 11.5. The molecule has 0 N–H and O–H groups in total. The zero-order valence-corrected chi connectivity index (χ0v) is 26.9. The summed E-state index contributed by atoms with van der Waals surface area (Å²) in [4.78, 5) is 15.3. The molecule has 0 saturated heterocycles. The number of fused-ring (bicyclic) bond motifs is 6. The predicted molar refractivity (Wildman–Crippen MR) is 203 cm³/mol. The molecule has 10 rings (SSSR count). The standard InChI is InChI=1S/C45H28N4O/c1-3-14-29(15-4-1)33-22-12-23-35-34-20-7-9-25-38(34)49(42(33)35)32-19-11-18-31(28-32)44-46-43(30-16-5-2-6-17-30)47-45(48-44)37-24-13-27-40-41(37)36-21-8-10-26-39(36)50-40/h1-28H. The molecule has 7 aromatic carbocycles. The zero-order chi connectivity index (χ0) is 33.0. The summed E-state index contributed by atoms with van der Waals surface area (Å²) in [5.41, 5.74) is 10.1. The smallest absolute Gasteiger partial charge is 0.164 e. The van der Waals surface area contributed by atoms with Crippen LogP contribution < -0.4 is 0 Å². The number of benzene rings is 7. The van der Waals surface area contributed by atoms with Gasteiger partial charge in [0.1, 0.15) is 11.2 Å². The number of hydrogen-bond acceptors (Lipinski definition) is 4. The summed E-state index contributed by atoms with van der Waals surface area (Å²) in [5.74, 6) is 1.81. The first-order valence-electron chi connectivity index (χ1n) is 16.7. The minimum absolute atomic E-state index is 0.597. The van der Waals surface area contributed by atoms with Crippen LogP contribution in [-0.2, 0) is 0 Å². The Morgan fingerprint density at radius 2 is 0.980 bits per heavy atom. The highest BCUT2D eigenvalue weighted by atomic mass is 16.3. The number of aromatic nitrogens is 4. The van der Waals surface area contributed by atoms with E-state index in [1.165, 1.54) is 21.9 Å². The fraction of sp³-hybridized carbons (Fsp3) is 0. The van der Waals surface area contributed by atoms with Crippen molar-refractivity contribution in [2.24, 2.45) is 0 Å². The highest BCUT2D eigenvalue weighted by Gasteiger charge is 2.20. The van der Waals surface area contributed by atoms with Crippen molar-refractivity contribution < 1.29 is 4.42 Å². The molecule has 0 aliphatic rings. The summed E-state index contributed by atoms with van der Waals surface area (Å²) in [7, 11) is 0. The van der Waals surface area contributed by atoms with E-state index in [9.17, 15) is 0 Å². The van der Waals surface area contributed by atoms with Gasteiger partial charge in [-0.15, -0.1) is 0 Å². The Balaban J connectivity index is 1.21. The van der Waals surface area contributed by atoms with Gasteiger partial charge in [0.25, 0.3) is 0 Å². The molecule has 0 spiro atoms. The second-order valence-corrected chi connectivity index (χ2v) is 12.4. The Morgan fingerprint density at radius 3 is 1.82 bits per heavy atom. The van der Waals surface area contributed by atoms with Gasteiger partial charge in [-0.3, -0.25) is 0 Å². The van der Waals surface area contributed by atoms with Gasteiger partial charge in [-0.05, 0) is 35.9 Å². The molecule has 50 heavy (non-hydrogen) atoms. The number of para-hydroxylation sites is 3. The number of hydrogen-bond donors (Lipinski definition) is 0. The highest BCUT2D eigenvalue weighted by Crippen LogP contribution is 2.39. The number of furan rings is 1. The lowest BCUT2D eigenvalue weighted by Gasteiger charge is -2.13. The molecular weight excluding hydrogens is 613 g/mol. The lowest BCUT2D eigenvalue weighted by molar-refractivity contribution is 0.669. The van der Waals surface area contributed by atoms with Crippen LogP contribution in [0.3, 0.4) is 0 Å². The fourth-order valence-electron chi connectivity index (χ4n) is 7.22. The van der Waals surface area contributed by atoms with E-state index in [-0.39, 0.29) is 0 Å². The zero-order valence-electron chi connectivity index (χ0n) is 26.9. The number of nitrogens with zero attached hydrogens (tertiary/aromatic N) is 4. The maximum atomic E-state index is 6.24. The van der Waals surface area contributed by atoms with Gasteiger partial charge in [0.15, 0.2) is 17.5 Å². The Morgan fingerprint density at radius 1 is 0.400 bits per heavy atom. The summed E-state index contributed by atoms with van der Waals surface area (Å²) < 4.78 is 8.61. The van der Waals surface area contributed by atoms with E-state index in [4.69, 9.17) is 19.4 Å². The average molecular weight is 641 g/mol. The van der Waals surface area contributed by atoms with Crippen LogP contribution >= 0.6 is 0 Å². The van der Waals surface area contributed by atoms with E-state index in [2.05, 4.69) is 114 Å². The van der Waals surface area contributed by atoms with Gasteiger partial charge in [0, 0.05) is 49.5 Å². The summed E-state index contributed by atoms with van der Waals surface area (Å²) >= 11 is 0. The molecule has 0 saturated carbocycles. The molecule has 0 bridgehead atoms. The topological polar surface area (TPSA) is 56.7 Å². The van der Waals surface area contributed by atoms with Gasteiger partial charge < -0.3 is 8.98 Å². The Hall–Kier alpha value is -6.85. The molecule has 0 radical (unpaired) electrons.